The number of aliphatic hydroxyl groups excluding tert-OH is 1. The minimum Gasteiger partial charge on any atom is -0.388 e. The monoisotopic (exact) mass is 302 g/mol. The van der Waals surface area contributed by atoms with Gasteiger partial charge in [0.15, 0.2) is 6.73 Å². The summed E-state index contributed by atoms with van der Waals surface area (Å²) in [5.74, 6) is 0. The highest BCUT2D eigenvalue weighted by Gasteiger charge is 2.17. The molecule has 0 spiro atoms. The van der Waals surface area contributed by atoms with E-state index in [-0.39, 0.29) is 6.10 Å². The molecule has 0 saturated heterocycles. The van der Waals surface area contributed by atoms with E-state index < -0.39 is 0 Å². The van der Waals surface area contributed by atoms with Gasteiger partial charge in [-0.1, -0.05) is 64.7 Å². The van der Waals surface area contributed by atoms with Crippen molar-refractivity contribution < 1.29 is 14.3 Å². The van der Waals surface area contributed by atoms with Gasteiger partial charge in [-0.3, -0.25) is 0 Å². The lowest BCUT2D eigenvalue weighted by Gasteiger charge is -2.30. The second-order valence-corrected chi connectivity index (χ2v) is 7.19. The highest BCUT2D eigenvalue weighted by atomic mass is 16.5. The molecule has 0 heterocycles. The molecule has 128 valence electrons. The molecule has 0 aliphatic heterocycles. The van der Waals surface area contributed by atoms with Crippen LogP contribution in [0, 0.1) is 0 Å². The molecular weight excluding hydrogens is 262 g/mol. The van der Waals surface area contributed by atoms with Crippen molar-refractivity contribution in [3.63, 3.8) is 0 Å². The molecular formula is C18H40NO2+. The highest BCUT2D eigenvalue weighted by Crippen LogP contribution is 2.10. The zero-order valence-electron chi connectivity index (χ0n) is 15.1. The molecule has 0 aliphatic carbocycles. The second kappa shape index (κ2) is 13.5. The summed E-state index contributed by atoms with van der Waals surface area (Å²) >= 11 is 0. The Balaban J connectivity index is 3.22. The number of unbranched alkanes of at least 4 members (excludes halogenated alkanes) is 9. The Labute approximate surface area is 133 Å². The number of quaternary nitrogens is 1. The fourth-order valence-corrected chi connectivity index (χ4v) is 2.77. The lowest BCUT2D eigenvalue weighted by atomic mass is 10.1. The minimum absolute atomic E-state index is 0.263. The van der Waals surface area contributed by atoms with Crippen molar-refractivity contribution in [3.8, 4) is 0 Å². The average Bonchev–Trinajstić information content (AvgIpc) is 2.38. The molecule has 1 N–H and O–H groups in total. The van der Waals surface area contributed by atoms with Crippen molar-refractivity contribution >= 4 is 0 Å². The van der Waals surface area contributed by atoms with Gasteiger partial charge in [0.25, 0.3) is 0 Å². The van der Waals surface area contributed by atoms with Gasteiger partial charge in [-0.2, -0.15) is 0 Å². The molecule has 1 unspecified atom stereocenters. The normalized spacial score (nSPS) is 13.6. The van der Waals surface area contributed by atoms with Crippen molar-refractivity contribution in [2.75, 3.05) is 34.0 Å². The predicted molar refractivity (Wildman–Crippen MR) is 91.3 cm³/mol. The first-order valence-electron chi connectivity index (χ1n) is 9.06. The van der Waals surface area contributed by atoms with Gasteiger partial charge in [0.1, 0.15) is 12.6 Å². The zero-order valence-corrected chi connectivity index (χ0v) is 15.1. The van der Waals surface area contributed by atoms with Crippen LogP contribution in [0.2, 0.25) is 0 Å². The first-order valence-corrected chi connectivity index (χ1v) is 9.06. The van der Waals surface area contributed by atoms with E-state index in [9.17, 15) is 5.11 Å². The van der Waals surface area contributed by atoms with E-state index in [0.717, 1.165) is 17.6 Å². The van der Waals surface area contributed by atoms with Crippen LogP contribution < -0.4 is 0 Å². The smallest absolute Gasteiger partial charge is 0.182 e. The molecule has 0 rings (SSSR count). The Morgan fingerprint density at radius 2 is 1.33 bits per heavy atom. The van der Waals surface area contributed by atoms with Crippen LogP contribution in [0.4, 0.5) is 0 Å². The van der Waals surface area contributed by atoms with E-state index in [1.807, 2.05) is 6.92 Å². The Hall–Kier alpha value is -0.120. The van der Waals surface area contributed by atoms with E-state index in [0.29, 0.717) is 6.73 Å². The third-order valence-electron chi connectivity index (χ3n) is 3.84. The van der Waals surface area contributed by atoms with Crippen LogP contribution in [-0.4, -0.2) is 49.7 Å². The van der Waals surface area contributed by atoms with Gasteiger partial charge in [0, 0.05) is 0 Å². The van der Waals surface area contributed by atoms with Gasteiger partial charge >= 0.3 is 0 Å². The summed E-state index contributed by atoms with van der Waals surface area (Å²) in [4.78, 5) is 0. The lowest BCUT2D eigenvalue weighted by Crippen LogP contribution is -2.46. The third-order valence-corrected chi connectivity index (χ3v) is 3.84. The predicted octanol–water partition coefficient (Wildman–Crippen LogP) is 4.34. The average molecular weight is 303 g/mol. The maximum absolute atomic E-state index is 9.41. The Bertz CT molecular complexity index is 217. The van der Waals surface area contributed by atoms with Gasteiger partial charge in [-0.05, 0) is 13.3 Å². The number of ether oxygens (including phenoxy) is 1. The topological polar surface area (TPSA) is 29.5 Å². The number of hydrogen-bond acceptors (Lipinski definition) is 2. The molecule has 1 atom stereocenters. The van der Waals surface area contributed by atoms with Crippen LogP contribution in [0.1, 0.15) is 78.1 Å². The van der Waals surface area contributed by atoms with Crippen molar-refractivity contribution in [3.05, 3.63) is 0 Å². The van der Waals surface area contributed by atoms with E-state index >= 15 is 0 Å². The van der Waals surface area contributed by atoms with Crippen LogP contribution in [0.15, 0.2) is 0 Å². The number of rotatable bonds is 15. The maximum Gasteiger partial charge on any atom is 0.182 e. The van der Waals surface area contributed by atoms with Crippen molar-refractivity contribution in [1.82, 2.24) is 0 Å². The van der Waals surface area contributed by atoms with Crippen molar-refractivity contribution in [2.24, 2.45) is 0 Å². The number of aliphatic hydroxyl groups is 1. The zero-order chi connectivity index (χ0) is 16.0. The number of hydrogen-bond donors (Lipinski definition) is 1. The summed E-state index contributed by atoms with van der Waals surface area (Å²) in [6, 6.07) is 0. The van der Waals surface area contributed by atoms with Gasteiger partial charge in [-0.15, -0.1) is 0 Å². The Morgan fingerprint density at radius 1 is 0.857 bits per heavy atom. The van der Waals surface area contributed by atoms with E-state index in [1.165, 1.54) is 64.2 Å². The Morgan fingerprint density at radius 3 is 1.81 bits per heavy atom. The highest BCUT2D eigenvalue weighted by molar-refractivity contribution is 4.47. The van der Waals surface area contributed by atoms with Crippen LogP contribution in [0.5, 0.6) is 0 Å². The molecule has 0 aromatic rings. The first-order chi connectivity index (χ1) is 9.98. The molecule has 21 heavy (non-hydrogen) atoms. The fourth-order valence-electron chi connectivity index (χ4n) is 2.77. The third kappa shape index (κ3) is 16.1. The summed E-state index contributed by atoms with van der Waals surface area (Å²) in [5.41, 5.74) is 0. The molecule has 0 aliphatic rings. The number of likely N-dealkylation sites (N-methyl/N-ethyl adjacent to an activating group) is 1. The summed E-state index contributed by atoms with van der Waals surface area (Å²) in [5, 5.41) is 9.41. The molecule has 3 nitrogen and oxygen atoms in total. The van der Waals surface area contributed by atoms with Crippen molar-refractivity contribution in [1.29, 1.82) is 0 Å². The molecule has 0 bridgehead atoms. The largest absolute Gasteiger partial charge is 0.388 e. The molecule has 3 heteroatoms. The summed E-state index contributed by atoms with van der Waals surface area (Å²) in [6.45, 7) is 6.41. The molecule has 0 aromatic carbocycles. The standard InChI is InChI=1S/C18H40NO2/c1-5-6-7-8-9-10-11-12-13-14-15-21-17-19(3,4)16-18(2)20/h18,20H,5-17H2,1-4H3/q+1. The van der Waals surface area contributed by atoms with E-state index in [2.05, 4.69) is 21.0 Å². The van der Waals surface area contributed by atoms with Gasteiger partial charge in [0.2, 0.25) is 0 Å². The maximum atomic E-state index is 9.41. The summed E-state index contributed by atoms with van der Waals surface area (Å²) in [6.07, 6.45) is 13.3. The summed E-state index contributed by atoms with van der Waals surface area (Å²) < 4.78 is 6.46. The molecule has 0 fully saturated rings. The van der Waals surface area contributed by atoms with Gasteiger partial charge < -0.3 is 14.3 Å². The van der Waals surface area contributed by atoms with Gasteiger partial charge in [0.05, 0.1) is 20.7 Å². The minimum atomic E-state index is -0.263. The fraction of sp³-hybridized carbons (Fsp3) is 1.00. The molecule has 0 radical (unpaired) electrons. The SMILES string of the molecule is CCCCCCCCCCCCOC[N+](C)(C)CC(C)O. The lowest BCUT2D eigenvalue weighted by molar-refractivity contribution is -0.912. The first kappa shape index (κ1) is 20.9. The molecule has 0 amide bonds. The van der Waals surface area contributed by atoms with Gasteiger partial charge in [-0.25, -0.2) is 0 Å². The van der Waals surface area contributed by atoms with Crippen LogP contribution in [0.25, 0.3) is 0 Å². The van der Waals surface area contributed by atoms with Crippen molar-refractivity contribution in [2.45, 2.75) is 84.2 Å². The Kier molecular flexibility index (Phi) is 13.5. The quantitative estimate of drug-likeness (QED) is 0.277. The summed E-state index contributed by atoms with van der Waals surface area (Å²) in [7, 11) is 4.20. The van der Waals surface area contributed by atoms with Crippen LogP contribution in [0.3, 0.4) is 0 Å². The van der Waals surface area contributed by atoms with E-state index in [4.69, 9.17) is 4.74 Å². The molecule has 0 aromatic heterocycles. The van der Waals surface area contributed by atoms with Crippen LogP contribution >= 0.6 is 0 Å². The second-order valence-electron chi connectivity index (χ2n) is 7.19. The van der Waals surface area contributed by atoms with E-state index in [1.54, 1.807) is 0 Å². The van der Waals surface area contributed by atoms with Crippen LogP contribution in [-0.2, 0) is 4.74 Å². The molecule has 0 saturated carbocycles. The number of nitrogens with zero attached hydrogens (tertiary/aromatic N) is 1.